The largest absolute Gasteiger partial charge is 0.507 e. The predicted molar refractivity (Wildman–Crippen MR) is 102 cm³/mol. The molecule has 0 amide bonds. The number of anilines is 1. The average Bonchev–Trinajstić information content (AvgIpc) is 2.45. The van der Waals surface area contributed by atoms with Gasteiger partial charge >= 0.3 is 0 Å². The van der Waals surface area contributed by atoms with Gasteiger partial charge < -0.3 is 10.8 Å². The van der Waals surface area contributed by atoms with Crippen molar-refractivity contribution in [3.63, 3.8) is 0 Å². The fraction of sp³-hybridized carbons (Fsp3) is 0.364. The minimum absolute atomic E-state index is 0.150. The van der Waals surface area contributed by atoms with E-state index in [9.17, 15) is 5.11 Å². The van der Waals surface area contributed by atoms with Gasteiger partial charge in [-0.2, -0.15) is 0 Å². The number of phenols is 1. The third-order valence-corrected chi connectivity index (χ3v) is 3.99. The summed E-state index contributed by atoms with van der Waals surface area (Å²) in [6.45, 7) is 12.6. The Bertz CT molecular complexity index is 756. The van der Waals surface area contributed by atoms with Crippen LogP contribution in [0.25, 0.3) is 0 Å². The molecule has 0 aliphatic carbocycles. The highest BCUT2D eigenvalue weighted by Gasteiger charge is 2.26. The smallest absolute Gasteiger partial charge is 0.123 e. The molecule has 0 atom stereocenters. The highest BCUT2D eigenvalue weighted by Crippen LogP contribution is 2.39. The lowest BCUT2D eigenvalue weighted by atomic mass is 9.78. The lowest BCUT2D eigenvalue weighted by Crippen LogP contribution is -2.17. The minimum atomic E-state index is -0.150. The Kier molecular flexibility index (Phi) is 4.67. The van der Waals surface area contributed by atoms with Crippen LogP contribution in [0.1, 0.15) is 63.8 Å². The van der Waals surface area contributed by atoms with E-state index in [1.807, 2.05) is 36.4 Å². The van der Waals surface area contributed by atoms with E-state index in [4.69, 9.17) is 5.73 Å². The quantitative estimate of drug-likeness (QED) is 0.531. The second-order valence-corrected chi connectivity index (χ2v) is 8.29. The number of hydrogen-bond donors (Lipinski definition) is 2. The lowest BCUT2D eigenvalue weighted by molar-refractivity contribution is 0.423. The Hall–Kier alpha value is -2.40. The van der Waals surface area contributed by atoms with Gasteiger partial charge in [-0.05, 0) is 47.2 Å². The molecule has 0 unspecified atom stereocenters. The maximum Gasteiger partial charge on any atom is 0.123 e. The summed E-state index contributed by atoms with van der Waals surface area (Å²) in [7, 11) is 0. The van der Waals surface area contributed by atoms with Crippen LogP contribution in [0.5, 0.6) is 5.75 Å². The maximum absolute atomic E-state index is 10.7. The van der Waals surface area contributed by atoms with Gasteiger partial charge in [-0.25, -0.2) is 0 Å². The van der Waals surface area contributed by atoms with Gasteiger partial charge in [-0.1, -0.05) is 53.4 Å². The van der Waals surface area contributed by atoms with Crippen molar-refractivity contribution in [2.45, 2.75) is 52.4 Å². The van der Waals surface area contributed by atoms with Crippen LogP contribution in [-0.2, 0) is 10.8 Å². The Balaban J connectivity index is 2.57. The third-order valence-electron chi connectivity index (χ3n) is 3.99. The molecule has 0 saturated carbocycles. The SMILES string of the molecule is CC(C)(C)c1cc(C#Cc2ccc(N)cc2)cc(C(C)(C)C)c1O. The molecule has 2 aromatic rings. The zero-order valence-corrected chi connectivity index (χ0v) is 15.5. The summed E-state index contributed by atoms with van der Waals surface area (Å²) >= 11 is 0. The molecule has 3 N–H and O–H groups in total. The van der Waals surface area contributed by atoms with E-state index >= 15 is 0 Å². The summed E-state index contributed by atoms with van der Waals surface area (Å²) in [5, 5.41) is 10.7. The van der Waals surface area contributed by atoms with E-state index in [0.29, 0.717) is 5.75 Å². The first-order valence-electron chi connectivity index (χ1n) is 8.24. The second-order valence-electron chi connectivity index (χ2n) is 8.29. The van der Waals surface area contributed by atoms with Crippen LogP contribution in [0.3, 0.4) is 0 Å². The van der Waals surface area contributed by atoms with Gasteiger partial charge in [0.1, 0.15) is 5.75 Å². The fourth-order valence-corrected chi connectivity index (χ4v) is 2.56. The normalized spacial score (nSPS) is 11.8. The number of rotatable bonds is 0. The molecule has 0 radical (unpaired) electrons. The van der Waals surface area contributed by atoms with E-state index in [1.54, 1.807) is 0 Å². The third kappa shape index (κ3) is 4.11. The Morgan fingerprint density at radius 1 is 0.750 bits per heavy atom. The Morgan fingerprint density at radius 3 is 1.58 bits per heavy atom. The zero-order valence-electron chi connectivity index (χ0n) is 15.5. The van der Waals surface area contributed by atoms with Crippen LogP contribution < -0.4 is 5.73 Å². The first kappa shape index (κ1) is 17.9. The monoisotopic (exact) mass is 321 g/mol. The van der Waals surface area contributed by atoms with E-state index in [0.717, 1.165) is 27.9 Å². The molecule has 0 aliphatic rings. The van der Waals surface area contributed by atoms with Crippen LogP contribution >= 0.6 is 0 Å². The number of nitrogens with two attached hydrogens (primary N) is 1. The summed E-state index contributed by atoms with van der Waals surface area (Å²) in [5.74, 6) is 6.79. The Morgan fingerprint density at radius 2 is 1.17 bits per heavy atom. The van der Waals surface area contributed by atoms with Crippen molar-refractivity contribution in [3.8, 4) is 17.6 Å². The van der Waals surface area contributed by atoms with Crippen molar-refractivity contribution in [3.05, 3.63) is 58.7 Å². The van der Waals surface area contributed by atoms with Crippen LogP contribution in [0.4, 0.5) is 5.69 Å². The predicted octanol–water partition coefficient (Wildman–Crippen LogP) is 4.97. The molecular weight excluding hydrogens is 294 g/mol. The molecular formula is C22H27NO. The van der Waals surface area contributed by atoms with E-state index in [-0.39, 0.29) is 10.8 Å². The number of benzene rings is 2. The number of hydrogen-bond acceptors (Lipinski definition) is 2. The van der Waals surface area contributed by atoms with Gasteiger partial charge in [0.25, 0.3) is 0 Å². The van der Waals surface area contributed by atoms with Gasteiger partial charge in [-0.3, -0.25) is 0 Å². The molecule has 2 nitrogen and oxygen atoms in total. The molecule has 0 aliphatic heterocycles. The number of phenolic OH excluding ortho intramolecular Hbond substituents is 1. The van der Waals surface area contributed by atoms with Crippen LogP contribution in [0, 0.1) is 11.8 Å². The van der Waals surface area contributed by atoms with E-state index in [1.165, 1.54) is 0 Å². The highest BCUT2D eigenvalue weighted by atomic mass is 16.3. The zero-order chi connectivity index (χ0) is 18.1. The van der Waals surface area contributed by atoms with Crippen molar-refractivity contribution in [1.29, 1.82) is 0 Å². The Labute approximate surface area is 145 Å². The molecule has 2 rings (SSSR count). The van der Waals surface area contributed by atoms with Gasteiger partial charge in [0.2, 0.25) is 0 Å². The topological polar surface area (TPSA) is 46.2 Å². The molecule has 24 heavy (non-hydrogen) atoms. The van der Waals surface area contributed by atoms with Gasteiger partial charge in [0.05, 0.1) is 0 Å². The molecule has 2 heteroatoms. The summed E-state index contributed by atoms with van der Waals surface area (Å²) in [5.41, 5.74) is 9.84. The van der Waals surface area contributed by atoms with Crippen LogP contribution in [0.15, 0.2) is 36.4 Å². The summed E-state index contributed by atoms with van der Waals surface area (Å²) in [6.07, 6.45) is 0. The van der Waals surface area contributed by atoms with Crippen molar-refractivity contribution >= 4 is 5.69 Å². The lowest BCUT2D eigenvalue weighted by Gasteiger charge is -2.27. The van der Waals surface area contributed by atoms with Crippen molar-refractivity contribution < 1.29 is 5.11 Å². The second kappa shape index (κ2) is 6.24. The minimum Gasteiger partial charge on any atom is -0.507 e. The first-order valence-corrected chi connectivity index (χ1v) is 8.24. The summed E-state index contributed by atoms with van der Waals surface area (Å²) in [6, 6.07) is 11.5. The average molecular weight is 321 g/mol. The first-order chi connectivity index (χ1) is 11.0. The number of nitrogen functional groups attached to an aromatic ring is 1. The van der Waals surface area contributed by atoms with Crippen molar-refractivity contribution in [2.24, 2.45) is 0 Å². The number of aromatic hydroxyl groups is 1. The standard InChI is InChI=1S/C22H27NO/c1-21(2,3)18-13-16(14-19(20(18)24)22(4,5)6)8-7-15-9-11-17(23)12-10-15/h9-14,24H,23H2,1-6H3. The van der Waals surface area contributed by atoms with Crippen LogP contribution in [0.2, 0.25) is 0 Å². The molecule has 2 aromatic carbocycles. The molecule has 0 saturated heterocycles. The molecule has 0 aromatic heterocycles. The highest BCUT2D eigenvalue weighted by molar-refractivity contribution is 5.55. The molecule has 0 bridgehead atoms. The molecule has 0 fully saturated rings. The van der Waals surface area contributed by atoms with E-state index in [2.05, 4.69) is 53.4 Å². The summed E-state index contributed by atoms with van der Waals surface area (Å²) < 4.78 is 0. The van der Waals surface area contributed by atoms with E-state index < -0.39 is 0 Å². The van der Waals surface area contributed by atoms with Gasteiger partial charge in [0, 0.05) is 27.9 Å². The fourth-order valence-electron chi connectivity index (χ4n) is 2.56. The summed E-state index contributed by atoms with van der Waals surface area (Å²) in [4.78, 5) is 0. The molecule has 0 spiro atoms. The van der Waals surface area contributed by atoms with Gasteiger partial charge in [-0.15, -0.1) is 0 Å². The van der Waals surface area contributed by atoms with Gasteiger partial charge in [0.15, 0.2) is 0 Å². The van der Waals surface area contributed by atoms with Crippen molar-refractivity contribution in [2.75, 3.05) is 5.73 Å². The molecule has 126 valence electrons. The van der Waals surface area contributed by atoms with Crippen LogP contribution in [-0.4, -0.2) is 5.11 Å². The maximum atomic E-state index is 10.7. The molecule has 0 heterocycles. The van der Waals surface area contributed by atoms with Crippen molar-refractivity contribution in [1.82, 2.24) is 0 Å².